The molecule has 17 heavy (non-hydrogen) atoms. The Morgan fingerprint density at radius 1 is 1.41 bits per heavy atom. The van der Waals surface area contributed by atoms with Gasteiger partial charge in [-0.2, -0.15) is 4.39 Å². The third-order valence-corrected chi connectivity index (χ3v) is 2.69. The van der Waals surface area contributed by atoms with Crippen LogP contribution in [-0.4, -0.2) is 11.2 Å². The second-order valence-corrected chi connectivity index (χ2v) is 4.13. The van der Waals surface area contributed by atoms with E-state index in [2.05, 4.69) is 21.2 Å². The van der Waals surface area contributed by atoms with Crippen molar-refractivity contribution in [2.45, 2.75) is 6.54 Å². The van der Waals surface area contributed by atoms with Crippen LogP contribution in [0.15, 0.2) is 21.0 Å². The number of amides is 1. The van der Waals surface area contributed by atoms with Gasteiger partial charge in [-0.3, -0.25) is 0 Å². The quantitative estimate of drug-likeness (QED) is 0.837. The molecule has 2 rings (SSSR count). The summed E-state index contributed by atoms with van der Waals surface area (Å²) in [4.78, 5) is 10.3. The van der Waals surface area contributed by atoms with Crippen LogP contribution >= 0.6 is 15.9 Å². The molecule has 7 heteroatoms. The molecule has 0 aliphatic heterocycles. The van der Waals surface area contributed by atoms with E-state index in [1.165, 1.54) is 12.1 Å². The minimum Gasteiger partial charge on any atom is -0.465 e. The highest BCUT2D eigenvalue weighted by molar-refractivity contribution is 9.10. The standard InChI is InChI=1S/C10H6BrF2NO3/c11-6-2-4-1-5(3-14-10(15)16)17-9(4)8(13)7(6)12/h1-2,14H,3H2,(H,15,16). The molecule has 0 aliphatic carbocycles. The van der Waals surface area contributed by atoms with Crippen molar-refractivity contribution in [2.75, 3.05) is 0 Å². The zero-order chi connectivity index (χ0) is 12.6. The lowest BCUT2D eigenvalue weighted by molar-refractivity contribution is 0.193. The van der Waals surface area contributed by atoms with Crippen molar-refractivity contribution in [1.82, 2.24) is 5.32 Å². The Bertz CT molecular complexity index is 597. The SMILES string of the molecule is O=C(O)NCc1cc2cc(Br)c(F)c(F)c2o1. The highest BCUT2D eigenvalue weighted by atomic mass is 79.9. The number of halogens is 3. The normalized spacial score (nSPS) is 10.8. The molecule has 0 bridgehead atoms. The Labute approximate surface area is 102 Å². The van der Waals surface area contributed by atoms with Crippen molar-refractivity contribution in [3.05, 3.63) is 34.0 Å². The van der Waals surface area contributed by atoms with Gasteiger partial charge in [-0.25, -0.2) is 9.18 Å². The smallest absolute Gasteiger partial charge is 0.405 e. The topological polar surface area (TPSA) is 62.5 Å². The van der Waals surface area contributed by atoms with E-state index in [0.29, 0.717) is 5.39 Å². The van der Waals surface area contributed by atoms with Crippen LogP contribution < -0.4 is 5.32 Å². The van der Waals surface area contributed by atoms with E-state index in [4.69, 9.17) is 9.52 Å². The molecule has 1 amide bonds. The Hall–Kier alpha value is -1.63. The minimum absolute atomic E-state index is 0.0129. The molecular weight excluding hydrogens is 300 g/mol. The molecule has 2 N–H and O–H groups in total. The van der Waals surface area contributed by atoms with Gasteiger partial charge >= 0.3 is 6.09 Å². The maximum absolute atomic E-state index is 13.4. The average Bonchev–Trinajstić information content (AvgIpc) is 2.66. The molecule has 0 radical (unpaired) electrons. The fourth-order valence-corrected chi connectivity index (χ4v) is 1.81. The van der Waals surface area contributed by atoms with Gasteiger partial charge in [-0.15, -0.1) is 0 Å². The van der Waals surface area contributed by atoms with E-state index in [-0.39, 0.29) is 22.4 Å². The van der Waals surface area contributed by atoms with Gasteiger partial charge in [-0.05, 0) is 28.1 Å². The first kappa shape index (κ1) is 11.8. The molecule has 1 heterocycles. The molecule has 1 aromatic carbocycles. The summed E-state index contributed by atoms with van der Waals surface area (Å²) in [5.74, 6) is -1.93. The first-order chi connectivity index (χ1) is 7.99. The van der Waals surface area contributed by atoms with Crippen molar-refractivity contribution in [3.63, 3.8) is 0 Å². The second-order valence-electron chi connectivity index (χ2n) is 3.28. The van der Waals surface area contributed by atoms with E-state index in [0.717, 1.165) is 0 Å². The molecule has 90 valence electrons. The van der Waals surface area contributed by atoms with Crippen molar-refractivity contribution >= 4 is 33.0 Å². The lowest BCUT2D eigenvalue weighted by Crippen LogP contribution is -2.19. The second kappa shape index (κ2) is 4.33. The number of nitrogens with one attached hydrogen (secondary N) is 1. The summed E-state index contributed by atoms with van der Waals surface area (Å²) in [5.41, 5.74) is -0.229. The van der Waals surface area contributed by atoms with Gasteiger partial charge < -0.3 is 14.8 Å². The third-order valence-electron chi connectivity index (χ3n) is 2.11. The predicted molar refractivity (Wildman–Crippen MR) is 58.7 cm³/mol. The lowest BCUT2D eigenvalue weighted by Gasteiger charge is -1.96. The summed E-state index contributed by atoms with van der Waals surface area (Å²) in [5, 5.41) is 10.8. The van der Waals surface area contributed by atoms with Gasteiger partial charge in [0.05, 0.1) is 11.0 Å². The van der Waals surface area contributed by atoms with Crippen LogP contribution in [0, 0.1) is 11.6 Å². The van der Waals surface area contributed by atoms with Crippen LogP contribution in [-0.2, 0) is 6.54 Å². The minimum atomic E-state index is -1.22. The molecule has 0 fully saturated rings. The zero-order valence-corrected chi connectivity index (χ0v) is 9.85. The Morgan fingerprint density at radius 2 is 2.12 bits per heavy atom. The van der Waals surface area contributed by atoms with E-state index < -0.39 is 17.7 Å². The fourth-order valence-electron chi connectivity index (χ4n) is 1.39. The first-order valence-electron chi connectivity index (χ1n) is 4.51. The fraction of sp³-hybridized carbons (Fsp3) is 0.100. The van der Waals surface area contributed by atoms with Crippen LogP contribution in [0.1, 0.15) is 5.76 Å². The van der Waals surface area contributed by atoms with Crippen LogP contribution in [0.5, 0.6) is 0 Å². The Kier molecular flexibility index (Phi) is 3.01. The van der Waals surface area contributed by atoms with E-state index >= 15 is 0 Å². The lowest BCUT2D eigenvalue weighted by atomic mass is 10.2. The van der Waals surface area contributed by atoms with Crippen molar-refractivity contribution in [3.8, 4) is 0 Å². The third kappa shape index (κ3) is 2.23. The number of benzene rings is 1. The van der Waals surface area contributed by atoms with Crippen molar-refractivity contribution in [2.24, 2.45) is 0 Å². The zero-order valence-electron chi connectivity index (χ0n) is 8.26. The number of carboxylic acid groups (broad SMARTS) is 1. The summed E-state index contributed by atoms with van der Waals surface area (Å²) >= 11 is 2.87. The van der Waals surface area contributed by atoms with Gasteiger partial charge in [0.2, 0.25) is 5.82 Å². The van der Waals surface area contributed by atoms with Crippen molar-refractivity contribution < 1.29 is 23.1 Å². The number of hydrogen-bond acceptors (Lipinski definition) is 2. The molecule has 4 nitrogen and oxygen atoms in total. The number of fused-ring (bicyclic) bond motifs is 1. The van der Waals surface area contributed by atoms with Crippen LogP contribution in [0.2, 0.25) is 0 Å². The molecule has 2 aromatic rings. The maximum atomic E-state index is 13.4. The number of furan rings is 1. The predicted octanol–water partition coefficient (Wildman–Crippen LogP) is 3.24. The monoisotopic (exact) mass is 305 g/mol. The average molecular weight is 306 g/mol. The number of carbonyl (C=O) groups is 1. The highest BCUT2D eigenvalue weighted by Crippen LogP contribution is 2.29. The highest BCUT2D eigenvalue weighted by Gasteiger charge is 2.16. The Balaban J connectivity index is 2.43. The van der Waals surface area contributed by atoms with Gasteiger partial charge in [-0.1, -0.05) is 0 Å². The molecular formula is C10H6BrF2NO3. The molecule has 0 saturated carbocycles. The van der Waals surface area contributed by atoms with E-state index in [9.17, 15) is 13.6 Å². The molecule has 0 spiro atoms. The van der Waals surface area contributed by atoms with Crippen LogP contribution in [0.4, 0.5) is 13.6 Å². The van der Waals surface area contributed by atoms with E-state index in [1.54, 1.807) is 0 Å². The molecule has 1 aromatic heterocycles. The van der Waals surface area contributed by atoms with Crippen LogP contribution in [0.3, 0.4) is 0 Å². The summed E-state index contributed by atoms with van der Waals surface area (Å²) in [6.45, 7) is -0.108. The summed E-state index contributed by atoms with van der Waals surface area (Å²) in [7, 11) is 0. The van der Waals surface area contributed by atoms with Gasteiger partial charge in [0.15, 0.2) is 11.4 Å². The van der Waals surface area contributed by atoms with Gasteiger partial charge in [0.25, 0.3) is 0 Å². The van der Waals surface area contributed by atoms with Gasteiger partial charge in [0.1, 0.15) is 5.76 Å². The largest absolute Gasteiger partial charge is 0.465 e. The summed E-state index contributed by atoms with van der Waals surface area (Å²) in [6, 6.07) is 2.81. The molecule has 0 aliphatic rings. The summed E-state index contributed by atoms with van der Waals surface area (Å²) < 4.78 is 31.6. The maximum Gasteiger partial charge on any atom is 0.405 e. The molecule has 0 saturated heterocycles. The molecule has 0 atom stereocenters. The number of hydrogen-bond donors (Lipinski definition) is 2. The summed E-state index contributed by atoms with van der Waals surface area (Å²) in [6.07, 6.45) is -1.22. The van der Waals surface area contributed by atoms with Gasteiger partial charge in [0, 0.05) is 5.39 Å². The molecule has 0 unspecified atom stereocenters. The van der Waals surface area contributed by atoms with Crippen LogP contribution in [0.25, 0.3) is 11.0 Å². The van der Waals surface area contributed by atoms with E-state index in [1.807, 2.05) is 0 Å². The number of rotatable bonds is 2. The van der Waals surface area contributed by atoms with Crippen molar-refractivity contribution in [1.29, 1.82) is 0 Å². The Morgan fingerprint density at radius 3 is 2.76 bits per heavy atom. The first-order valence-corrected chi connectivity index (χ1v) is 5.31.